The summed E-state index contributed by atoms with van der Waals surface area (Å²) >= 11 is 0. The van der Waals surface area contributed by atoms with E-state index in [-0.39, 0.29) is 31.5 Å². The van der Waals surface area contributed by atoms with E-state index in [9.17, 15) is 14.4 Å². The number of carbonyl (C=O) groups excluding carboxylic acids is 3. The Morgan fingerprint density at radius 3 is 2.81 bits per heavy atom. The highest BCUT2D eigenvalue weighted by Crippen LogP contribution is 2.31. The number of amides is 3. The van der Waals surface area contributed by atoms with Gasteiger partial charge in [-0.3, -0.25) is 19.3 Å². The molecule has 0 bridgehead atoms. The molecule has 2 heterocycles. The Labute approximate surface area is 150 Å². The molecule has 1 aromatic carbocycles. The van der Waals surface area contributed by atoms with Crippen molar-refractivity contribution in [3.05, 3.63) is 48.4 Å². The van der Waals surface area contributed by atoms with Crippen LogP contribution < -0.4 is 20.3 Å². The Kier molecular flexibility index (Phi) is 5.21. The van der Waals surface area contributed by atoms with Gasteiger partial charge >= 0.3 is 0 Å². The molecule has 0 radical (unpaired) electrons. The maximum atomic E-state index is 12.3. The summed E-state index contributed by atoms with van der Waals surface area (Å²) in [6.07, 6.45) is 1.52. The third kappa shape index (κ3) is 4.02. The zero-order valence-electron chi connectivity index (χ0n) is 14.2. The summed E-state index contributed by atoms with van der Waals surface area (Å²) in [5.74, 6) is 0.0736. The van der Waals surface area contributed by atoms with Gasteiger partial charge < -0.3 is 19.8 Å². The number of benzene rings is 1. The lowest BCUT2D eigenvalue weighted by Crippen LogP contribution is -2.50. The van der Waals surface area contributed by atoms with E-state index in [4.69, 9.17) is 9.15 Å². The second-order valence-electron chi connectivity index (χ2n) is 5.82. The third-order valence-electron chi connectivity index (χ3n) is 3.90. The molecule has 8 heteroatoms. The topological polar surface area (TPSA) is 101 Å². The van der Waals surface area contributed by atoms with Crippen molar-refractivity contribution in [2.24, 2.45) is 0 Å². The number of nitrogens with zero attached hydrogens (tertiary/aromatic N) is 1. The number of nitrogens with one attached hydrogen (secondary N) is 2. The van der Waals surface area contributed by atoms with E-state index in [1.807, 2.05) is 0 Å². The SMILES string of the molecule is CC(NC(=O)CN1C(=O)COc2ccccc21)C(=O)NCc1ccco1. The van der Waals surface area contributed by atoms with Crippen LogP contribution in [0.1, 0.15) is 12.7 Å². The third-order valence-corrected chi connectivity index (χ3v) is 3.90. The van der Waals surface area contributed by atoms with E-state index in [2.05, 4.69) is 10.6 Å². The molecular formula is C18H19N3O5. The molecule has 2 aromatic rings. The average molecular weight is 357 g/mol. The summed E-state index contributed by atoms with van der Waals surface area (Å²) in [7, 11) is 0. The highest BCUT2D eigenvalue weighted by atomic mass is 16.5. The predicted molar refractivity (Wildman–Crippen MR) is 92.4 cm³/mol. The zero-order chi connectivity index (χ0) is 18.5. The lowest BCUT2D eigenvalue weighted by Gasteiger charge is -2.29. The van der Waals surface area contributed by atoms with Crippen LogP contribution >= 0.6 is 0 Å². The first-order chi connectivity index (χ1) is 12.5. The van der Waals surface area contributed by atoms with Gasteiger partial charge in [-0.2, -0.15) is 0 Å². The molecule has 1 aliphatic rings. The minimum Gasteiger partial charge on any atom is -0.482 e. The van der Waals surface area contributed by atoms with Crippen LogP contribution in [-0.2, 0) is 20.9 Å². The molecule has 0 saturated carbocycles. The van der Waals surface area contributed by atoms with Crippen molar-refractivity contribution < 1.29 is 23.5 Å². The monoisotopic (exact) mass is 357 g/mol. The number of hydrogen-bond donors (Lipinski definition) is 2. The maximum Gasteiger partial charge on any atom is 0.265 e. The van der Waals surface area contributed by atoms with E-state index in [0.717, 1.165) is 0 Å². The summed E-state index contributed by atoms with van der Waals surface area (Å²) in [6.45, 7) is 1.50. The molecule has 0 aliphatic carbocycles. The van der Waals surface area contributed by atoms with Crippen LogP contribution in [0.4, 0.5) is 5.69 Å². The Morgan fingerprint density at radius 1 is 1.23 bits per heavy atom. The first-order valence-corrected chi connectivity index (χ1v) is 8.16. The quantitative estimate of drug-likeness (QED) is 0.797. The van der Waals surface area contributed by atoms with Crippen molar-refractivity contribution in [1.82, 2.24) is 10.6 Å². The first-order valence-electron chi connectivity index (χ1n) is 8.16. The number of anilines is 1. The van der Waals surface area contributed by atoms with Crippen LogP contribution in [0.5, 0.6) is 5.75 Å². The molecule has 2 N–H and O–H groups in total. The van der Waals surface area contributed by atoms with Crippen LogP contribution in [0, 0.1) is 0 Å². The van der Waals surface area contributed by atoms with Crippen molar-refractivity contribution in [3.63, 3.8) is 0 Å². The fourth-order valence-electron chi connectivity index (χ4n) is 2.56. The summed E-state index contributed by atoms with van der Waals surface area (Å²) in [4.78, 5) is 37.8. The van der Waals surface area contributed by atoms with Crippen molar-refractivity contribution in [2.45, 2.75) is 19.5 Å². The molecule has 3 amide bonds. The van der Waals surface area contributed by atoms with Gasteiger partial charge in [-0.15, -0.1) is 0 Å². The highest BCUT2D eigenvalue weighted by molar-refractivity contribution is 6.02. The number of rotatable bonds is 6. The molecular weight excluding hydrogens is 338 g/mol. The number of carbonyl (C=O) groups is 3. The zero-order valence-corrected chi connectivity index (χ0v) is 14.2. The number of fused-ring (bicyclic) bond motifs is 1. The largest absolute Gasteiger partial charge is 0.482 e. The van der Waals surface area contributed by atoms with Crippen LogP contribution in [0.2, 0.25) is 0 Å². The molecule has 26 heavy (non-hydrogen) atoms. The van der Waals surface area contributed by atoms with Crippen molar-refractivity contribution in [3.8, 4) is 5.75 Å². The second kappa shape index (κ2) is 7.73. The lowest BCUT2D eigenvalue weighted by atomic mass is 10.2. The Bertz CT molecular complexity index is 803. The number of ether oxygens (including phenoxy) is 1. The first kappa shape index (κ1) is 17.5. The molecule has 8 nitrogen and oxygen atoms in total. The maximum absolute atomic E-state index is 12.3. The minimum atomic E-state index is -0.746. The summed E-state index contributed by atoms with van der Waals surface area (Å²) in [5.41, 5.74) is 0.536. The summed E-state index contributed by atoms with van der Waals surface area (Å²) in [6, 6.07) is 9.71. The Morgan fingerprint density at radius 2 is 2.04 bits per heavy atom. The van der Waals surface area contributed by atoms with Gasteiger partial charge in [-0.1, -0.05) is 12.1 Å². The van der Waals surface area contributed by atoms with Gasteiger partial charge in [-0.25, -0.2) is 0 Å². The average Bonchev–Trinajstić information content (AvgIpc) is 3.15. The molecule has 1 aromatic heterocycles. The number of furan rings is 1. The van der Waals surface area contributed by atoms with Crippen LogP contribution in [0.25, 0.3) is 0 Å². The van der Waals surface area contributed by atoms with Crippen molar-refractivity contribution in [1.29, 1.82) is 0 Å². The summed E-state index contributed by atoms with van der Waals surface area (Å²) in [5, 5.41) is 5.26. The van der Waals surface area contributed by atoms with Gasteiger partial charge in [-0.05, 0) is 31.2 Å². The smallest absolute Gasteiger partial charge is 0.265 e. The highest BCUT2D eigenvalue weighted by Gasteiger charge is 2.27. The van der Waals surface area contributed by atoms with Crippen molar-refractivity contribution >= 4 is 23.4 Å². The van der Waals surface area contributed by atoms with Crippen LogP contribution in [0.3, 0.4) is 0 Å². The van der Waals surface area contributed by atoms with E-state index in [1.165, 1.54) is 11.2 Å². The lowest BCUT2D eigenvalue weighted by molar-refractivity contribution is -0.129. The van der Waals surface area contributed by atoms with E-state index in [1.54, 1.807) is 43.3 Å². The van der Waals surface area contributed by atoms with E-state index < -0.39 is 11.9 Å². The standard InChI is InChI=1S/C18H19N3O5/c1-12(18(24)19-9-13-5-4-8-25-13)20-16(22)10-21-14-6-2-3-7-15(14)26-11-17(21)23/h2-8,12H,9-11H2,1H3,(H,19,24)(H,20,22). The van der Waals surface area contributed by atoms with Gasteiger partial charge in [0.25, 0.3) is 5.91 Å². The van der Waals surface area contributed by atoms with Gasteiger partial charge in [0.05, 0.1) is 18.5 Å². The van der Waals surface area contributed by atoms with E-state index >= 15 is 0 Å². The van der Waals surface area contributed by atoms with E-state index in [0.29, 0.717) is 17.2 Å². The van der Waals surface area contributed by atoms with Crippen LogP contribution in [0.15, 0.2) is 47.1 Å². The molecule has 136 valence electrons. The molecule has 1 atom stereocenters. The minimum absolute atomic E-state index is 0.122. The molecule has 0 saturated heterocycles. The molecule has 0 spiro atoms. The Hall–Kier alpha value is -3.29. The van der Waals surface area contributed by atoms with Gasteiger partial charge in [0.15, 0.2) is 6.61 Å². The molecule has 1 aliphatic heterocycles. The molecule has 0 fully saturated rings. The van der Waals surface area contributed by atoms with Crippen LogP contribution in [-0.4, -0.2) is 36.9 Å². The van der Waals surface area contributed by atoms with Crippen molar-refractivity contribution in [2.75, 3.05) is 18.1 Å². The van der Waals surface area contributed by atoms with Gasteiger partial charge in [0.2, 0.25) is 11.8 Å². The fraction of sp³-hybridized carbons (Fsp3) is 0.278. The Balaban J connectivity index is 1.55. The second-order valence-corrected chi connectivity index (χ2v) is 5.82. The van der Waals surface area contributed by atoms with Gasteiger partial charge in [0.1, 0.15) is 24.1 Å². The van der Waals surface area contributed by atoms with Gasteiger partial charge in [0, 0.05) is 0 Å². The number of para-hydroxylation sites is 2. The molecule has 1 unspecified atom stereocenters. The fourth-order valence-corrected chi connectivity index (χ4v) is 2.56. The summed E-state index contributed by atoms with van der Waals surface area (Å²) < 4.78 is 10.5. The molecule has 3 rings (SSSR count). The predicted octanol–water partition coefficient (Wildman–Crippen LogP) is 0.826. The number of hydrogen-bond acceptors (Lipinski definition) is 5. The normalized spacial score (nSPS) is 14.2.